The third-order valence-electron chi connectivity index (χ3n) is 2.17. The first-order chi connectivity index (χ1) is 7.87. The molecule has 0 saturated heterocycles. The van der Waals surface area contributed by atoms with E-state index in [0.29, 0.717) is 5.88 Å². The summed E-state index contributed by atoms with van der Waals surface area (Å²) in [6.45, 7) is 11.4. The topological polar surface area (TPSA) is 34.1 Å². The highest BCUT2D eigenvalue weighted by atomic mass is 16.5. The summed E-state index contributed by atoms with van der Waals surface area (Å²) in [6, 6.07) is 5.94. The van der Waals surface area contributed by atoms with E-state index in [1.807, 2.05) is 32.0 Å². The molecule has 96 valence electrons. The second-order valence-corrected chi connectivity index (χ2v) is 5.56. The van der Waals surface area contributed by atoms with Crippen LogP contribution >= 0.6 is 0 Å². The van der Waals surface area contributed by atoms with E-state index in [1.165, 1.54) is 0 Å². The molecule has 0 aliphatic heterocycles. The maximum absolute atomic E-state index is 5.57. The molecule has 1 rings (SSSR count). The zero-order valence-electron chi connectivity index (χ0n) is 11.6. The Labute approximate surface area is 105 Å². The van der Waals surface area contributed by atoms with E-state index in [-0.39, 0.29) is 11.6 Å². The van der Waals surface area contributed by atoms with Gasteiger partial charge in [-0.15, -0.1) is 0 Å². The Kier molecular flexibility index (Phi) is 4.94. The lowest BCUT2D eigenvalue weighted by Crippen LogP contribution is -2.37. The van der Waals surface area contributed by atoms with Crippen LogP contribution in [0.15, 0.2) is 18.2 Å². The molecule has 0 spiro atoms. The van der Waals surface area contributed by atoms with Crippen LogP contribution in [0, 0.1) is 0 Å². The summed E-state index contributed by atoms with van der Waals surface area (Å²) in [5.74, 6) is 0.716. The van der Waals surface area contributed by atoms with E-state index in [0.717, 1.165) is 18.7 Å². The first kappa shape index (κ1) is 14.0. The maximum Gasteiger partial charge on any atom is 0.213 e. The van der Waals surface area contributed by atoms with Crippen LogP contribution in [0.25, 0.3) is 0 Å². The van der Waals surface area contributed by atoms with Crippen LogP contribution in [0.4, 0.5) is 0 Å². The highest BCUT2D eigenvalue weighted by Crippen LogP contribution is 2.10. The van der Waals surface area contributed by atoms with E-state index in [9.17, 15) is 0 Å². The quantitative estimate of drug-likeness (QED) is 0.853. The lowest BCUT2D eigenvalue weighted by molar-refractivity contribution is 0.232. The fraction of sp³-hybridized carbons (Fsp3) is 0.643. The van der Waals surface area contributed by atoms with Crippen molar-refractivity contribution in [3.05, 3.63) is 23.9 Å². The van der Waals surface area contributed by atoms with Crippen molar-refractivity contribution < 1.29 is 4.74 Å². The van der Waals surface area contributed by atoms with Crippen LogP contribution in [0.5, 0.6) is 5.88 Å². The number of nitrogens with one attached hydrogen (secondary N) is 1. The molecule has 0 unspecified atom stereocenters. The smallest absolute Gasteiger partial charge is 0.213 e. The summed E-state index contributed by atoms with van der Waals surface area (Å²) in [5, 5.41) is 3.45. The van der Waals surface area contributed by atoms with Crippen LogP contribution in [0.1, 0.15) is 40.3 Å². The second kappa shape index (κ2) is 6.01. The van der Waals surface area contributed by atoms with E-state index < -0.39 is 0 Å². The largest absolute Gasteiger partial charge is 0.475 e. The van der Waals surface area contributed by atoms with Gasteiger partial charge < -0.3 is 10.1 Å². The summed E-state index contributed by atoms with van der Waals surface area (Å²) in [4.78, 5) is 4.47. The second-order valence-electron chi connectivity index (χ2n) is 5.56. The zero-order valence-corrected chi connectivity index (χ0v) is 11.6. The van der Waals surface area contributed by atoms with Crippen molar-refractivity contribution in [2.75, 3.05) is 6.54 Å². The summed E-state index contributed by atoms with van der Waals surface area (Å²) >= 11 is 0. The Morgan fingerprint density at radius 3 is 2.59 bits per heavy atom. The number of aromatic nitrogens is 1. The fourth-order valence-electron chi connectivity index (χ4n) is 1.47. The normalized spacial score (nSPS) is 11.9. The van der Waals surface area contributed by atoms with Crippen molar-refractivity contribution in [3.63, 3.8) is 0 Å². The third kappa shape index (κ3) is 6.27. The number of hydrogen-bond acceptors (Lipinski definition) is 3. The average molecular weight is 236 g/mol. The molecule has 0 saturated carbocycles. The van der Waals surface area contributed by atoms with Crippen molar-refractivity contribution >= 4 is 0 Å². The predicted molar refractivity (Wildman–Crippen MR) is 71.5 cm³/mol. The first-order valence-electron chi connectivity index (χ1n) is 6.24. The monoisotopic (exact) mass is 236 g/mol. The van der Waals surface area contributed by atoms with Gasteiger partial charge in [0.15, 0.2) is 0 Å². The van der Waals surface area contributed by atoms with E-state index in [2.05, 4.69) is 31.1 Å². The molecule has 1 N–H and O–H groups in total. The Bertz CT molecular complexity index is 342. The first-order valence-corrected chi connectivity index (χ1v) is 6.24. The van der Waals surface area contributed by atoms with E-state index >= 15 is 0 Å². The van der Waals surface area contributed by atoms with Crippen molar-refractivity contribution in [3.8, 4) is 5.88 Å². The van der Waals surface area contributed by atoms with Crippen molar-refractivity contribution in [1.82, 2.24) is 10.3 Å². The molecule has 0 radical (unpaired) electrons. The van der Waals surface area contributed by atoms with Crippen LogP contribution in [0.2, 0.25) is 0 Å². The molecule has 0 aromatic carbocycles. The van der Waals surface area contributed by atoms with E-state index in [1.54, 1.807) is 0 Å². The minimum Gasteiger partial charge on any atom is -0.475 e. The van der Waals surface area contributed by atoms with Gasteiger partial charge in [-0.25, -0.2) is 4.98 Å². The molecule has 1 aromatic heterocycles. The zero-order chi connectivity index (χ0) is 12.9. The predicted octanol–water partition coefficient (Wildman–Crippen LogP) is 2.80. The molecule has 0 aliphatic carbocycles. The fourth-order valence-corrected chi connectivity index (χ4v) is 1.47. The molecule has 17 heavy (non-hydrogen) atoms. The summed E-state index contributed by atoms with van der Waals surface area (Å²) in [7, 11) is 0. The SMILES string of the molecule is CC(C)Oc1cccc(CCNC(C)(C)C)n1. The number of nitrogens with zero attached hydrogens (tertiary/aromatic N) is 1. The lowest BCUT2D eigenvalue weighted by Gasteiger charge is -2.20. The Morgan fingerprint density at radius 2 is 2.00 bits per heavy atom. The lowest BCUT2D eigenvalue weighted by atomic mass is 10.1. The van der Waals surface area contributed by atoms with Gasteiger partial charge in [-0.1, -0.05) is 6.07 Å². The number of hydrogen-bond donors (Lipinski definition) is 1. The van der Waals surface area contributed by atoms with Crippen molar-refractivity contribution in [2.45, 2.75) is 52.7 Å². The number of ether oxygens (including phenoxy) is 1. The van der Waals surface area contributed by atoms with Gasteiger partial charge >= 0.3 is 0 Å². The Morgan fingerprint density at radius 1 is 1.29 bits per heavy atom. The summed E-state index contributed by atoms with van der Waals surface area (Å²) in [6.07, 6.45) is 1.09. The van der Waals surface area contributed by atoms with Crippen LogP contribution < -0.4 is 10.1 Å². The Hall–Kier alpha value is -1.09. The van der Waals surface area contributed by atoms with Crippen LogP contribution in [-0.4, -0.2) is 23.2 Å². The molecule has 0 aliphatic rings. The molecular formula is C14H24N2O. The Balaban J connectivity index is 2.48. The molecule has 0 fully saturated rings. The maximum atomic E-state index is 5.57. The minimum absolute atomic E-state index is 0.159. The van der Waals surface area contributed by atoms with Crippen LogP contribution in [-0.2, 0) is 6.42 Å². The van der Waals surface area contributed by atoms with E-state index in [4.69, 9.17) is 4.74 Å². The molecule has 0 bridgehead atoms. The van der Waals surface area contributed by atoms with Gasteiger partial charge in [-0.3, -0.25) is 0 Å². The van der Waals surface area contributed by atoms with Gasteiger partial charge in [0.25, 0.3) is 0 Å². The molecule has 3 nitrogen and oxygen atoms in total. The number of rotatable bonds is 5. The highest BCUT2D eigenvalue weighted by Gasteiger charge is 2.08. The molecule has 0 amide bonds. The van der Waals surface area contributed by atoms with Gasteiger partial charge in [0.1, 0.15) is 0 Å². The van der Waals surface area contributed by atoms with Gasteiger partial charge in [0, 0.05) is 30.3 Å². The molecule has 1 aromatic rings. The van der Waals surface area contributed by atoms with Gasteiger partial charge in [0.05, 0.1) is 6.10 Å². The molecular weight excluding hydrogens is 212 g/mol. The highest BCUT2D eigenvalue weighted by molar-refractivity contribution is 5.16. The summed E-state index contributed by atoms with van der Waals surface area (Å²) < 4.78 is 5.57. The third-order valence-corrected chi connectivity index (χ3v) is 2.17. The average Bonchev–Trinajstić information content (AvgIpc) is 2.15. The van der Waals surface area contributed by atoms with Crippen LogP contribution in [0.3, 0.4) is 0 Å². The molecule has 3 heteroatoms. The standard InChI is InChI=1S/C14H24N2O/c1-11(2)17-13-8-6-7-12(16-13)9-10-15-14(3,4)5/h6-8,11,15H,9-10H2,1-5H3. The molecule has 0 atom stereocenters. The minimum atomic E-state index is 0.159. The van der Waals surface area contributed by atoms with Gasteiger partial charge in [-0.05, 0) is 40.7 Å². The molecule has 1 heterocycles. The number of pyridine rings is 1. The van der Waals surface area contributed by atoms with Gasteiger partial charge in [0.2, 0.25) is 5.88 Å². The van der Waals surface area contributed by atoms with Gasteiger partial charge in [-0.2, -0.15) is 0 Å². The summed E-state index contributed by atoms with van der Waals surface area (Å²) in [5.41, 5.74) is 1.23. The van der Waals surface area contributed by atoms with Crippen molar-refractivity contribution in [2.24, 2.45) is 0 Å². The van der Waals surface area contributed by atoms with Crippen molar-refractivity contribution in [1.29, 1.82) is 0 Å².